The van der Waals surface area contributed by atoms with Gasteiger partial charge in [-0.25, -0.2) is 0 Å². The third kappa shape index (κ3) is 4.08. The minimum Gasteiger partial charge on any atom is -0.482 e. The molecule has 0 aliphatic carbocycles. The van der Waals surface area contributed by atoms with Crippen LogP contribution in [0.1, 0.15) is 12.5 Å². The highest BCUT2D eigenvalue weighted by atomic mass is 32.2. The third-order valence-electron chi connectivity index (χ3n) is 3.59. The van der Waals surface area contributed by atoms with Gasteiger partial charge in [-0.05, 0) is 30.7 Å². The monoisotopic (exact) mass is 342 g/mol. The SMILES string of the molecule is C[C@H](SCc1ccccc1)C(=O)Nc1ccc2c(c1)NC(=O)CO2. The van der Waals surface area contributed by atoms with Gasteiger partial charge in [0.05, 0.1) is 10.9 Å². The summed E-state index contributed by atoms with van der Waals surface area (Å²) in [5, 5.41) is 5.42. The highest BCUT2D eigenvalue weighted by molar-refractivity contribution is 7.99. The highest BCUT2D eigenvalue weighted by Gasteiger charge is 2.18. The highest BCUT2D eigenvalue weighted by Crippen LogP contribution is 2.30. The molecule has 0 aromatic heterocycles. The number of benzene rings is 2. The summed E-state index contributed by atoms with van der Waals surface area (Å²) in [5.74, 6) is 1.12. The van der Waals surface area contributed by atoms with E-state index in [1.807, 2.05) is 37.3 Å². The summed E-state index contributed by atoms with van der Waals surface area (Å²) in [6, 6.07) is 15.3. The molecule has 1 aliphatic heterocycles. The summed E-state index contributed by atoms with van der Waals surface area (Å²) >= 11 is 1.58. The fourth-order valence-electron chi connectivity index (χ4n) is 2.28. The van der Waals surface area contributed by atoms with Crippen molar-refractivity contribution in [3.05, 3.63) is 54.1 Å². The van der Waals surface area contributed by atoms with E-state index in [0.29, 0.717) is 17.1 Å². The molecule has 124 valence electrons. The predicted octanol–water partition coefficient (Wildman–Crippen LogP) is 3.28. The molecule has 3 rings (SSSR count). The van der Waals surface area contributed by atoms with Crippen LogP contribution in [-0.4, -0.2) is 23.7 Å². The summed E-state index contributed by atoms with van der Waals surface area (Å²) in [5.41, 5.74) is 2.40. The minimum absolute atomic E-state index is 0.0197. The molecule has 0 saturated carbocycles. The first-order chi connectivity index (χ1) is 11.6. The van der Waals surface area contributed by atoms with Gasteiger partial charge in [-0.3, -0.25) is 9.59 Å². The van der Waals surface area contributed by atoms with Crippen molar-refractivity contribution in [2.75, 3.05) is 17.2 Å². The number of ether oxygens (including phenoxy) is 1. The molecule has 1 atom stereocenters. The van der Waals surface area contributed by atoms with Crippen molar-refractivity contribution in [2.45, 2.75) is 17.9 Å². The number of nitrogens with one attached hydrogen (secondary N) is 2. The van der Waals surface area contributed by atoms with Gasteiger partial charge in [-0.1, -0.05) is 30.3 Å². The number of hydrogen-bond acceptors (Lipinski definition) is 4. The number of thioether (sulfide) groups is 1. The minimum atomic E-state index is -0.197. The van der Waals surface area contributed by atoms with Gasteiger partial charge in [0.2, 0.25) is 5.91 Å². The lowest BCUT2D eigenvalue weighted by Crippen LogP contribution is -2.26. The van der Waals surface area contributed by atoms with Gasteiger partial charge in [0.15, 0.2) is 6.61 Å². The zero-order chi connectivity index (χ0) is 16.9. The number of amides is 2. The molecule has 0 spiro atoms. The Morgan fingerprint density at radius 1 is 1.29 bits per heavy atom. The topological polar surface area (TPSA) is 67.4 Å². The van der Waals surface area contributed by atoms with Crippen LogP contribution in [-0.2, 0) is 15.3 Å². The molecule has 0 bridgehead atoms. The summed E-state index contributed by atoms with van der Waals surface area (Å²) in [6.45, 7) is 1.90. The molecule has 2 aromatic rings. The quantitative estimate of drug-likeness (QED) is 0.875. The van der Waals surface area contributed by atoms with E-state index in [1.165, 1.54) is 5.56 Å². The summed E-state index contributed by atoms with van der Waals surface area (Å²) in [4.78, 5) is 23.7. The van der Waals surface area contributed by atoms with Crippen molar-refractivity contribution in [1.29, 1.82) is 0 Å². The number of hydrogen-bond donors (Lipinski definition) is 2. The fourth-order valence-corrected chi connectivity index (χ4v) is 3.12. The lowest BCUT2D eigenvalue weighted by Gasteiger charge is -2.19. The van der Waals surface area contributed by atoms with Gasteiger partial charge < -0.3 is 15.4 Å². The number of carbonyl (C=O) groups is 2. The van der Waals surface area contributed by atoms with Gasteiger partial charge >= 0.3 is 0 Å². The number of carbonyl (C=O) groups excluding carboxylic acids is 2. The molecule has 0 radical (unpaired) electrons. The Morgan fingerprint density at radius 2 is 2.08 bits per heavy atom. The van der Waals surface area contributed by atoms with Gasteiger partial charge in [-0.15, -0.1) is 11.8 Å². The Morgan fingerprint density at radius 3 is 2.88 bits per heavy atom. The van der Waals surface area contributed by atoms with Crippen LogP contribution in [0, 0.1) is 0 Å². The molecule has 6 heteroatoms. The molecule has 0 unspecified atom stereocenters. The fraction of sp³-hybridized carbons (Fsp3) is 0.222. The molecular formula is C18H18N2O3S. The summed E-state index contributed by atoms with van der Waals surface area (Å²) in [6.07, 6.45) is 0. The Kier molecular flexibility index (Phi) is 5.05. The van der Waals surface area contributed by atoms with E-state index >= 15 is 0 Å². The van der Waals surface area contributed by atoms with Crippen molar-refractivity contribution in [3.63, 3.8) is 0 Å². The van der Waals surface area contributed by atoms with E-state index in [2.05, 4.69) is 10.6 Å². The van der Waals surface area contributed by atoms with Crippen LogP contribution in [0.5, 0.6) is 5.75 Å². The second-order valence-corrected chi connectivity index (χ2v) is 6.80. The third-order valence-corrected chi connectivity index (χ3v) is 4.81. The molecule has 2 aromatic carbocycles. The molecule has 1 aliphatic rings. The van der Waals surface area contributed by atoms with Gasteiger partial charge in [0, 0.05) is 11.4 Å². The predicted molar refractivity (Wildman–Crippen MR) is 96.4 cm³/mol. The van der Waals surface area contributed by atoms with Crippen LogP contribution < -0.4 is 15.4 Å². The molecule has 2 amide bonds. The zero-order valence-electron chi connectivity index (χ0n) is 13.2. The first kappa shape index (κ1) is 16.4. The maximum atomic E-state index is 12.3. The van der Waals surface area contributed by atoms with Crippen LogP contribution in [0.4, 0.5) is 11.4 Å². The molecular weight excluding hydrogens is 324 g/mol. The second-order valence-electron chi connectivity index (χ2n) is 5.48. The van der Waals surface area contributed by atoms with E-state index in [9.17, 15) is 9.59 Å². The van der Waals surface area contributed by atoms with Crippen molar-refractivity contribution in [3.8, 4) is 5.75 Å². The molecule has 1 heterocycles. The van der Waals surface area contributed by atoms with E-state index in [-0.39, 0.29) is 23.7 Å². The normalized spacial score (nSPS) is 14.1. The summed E-state index contributed by atoms with van der Waals surface area (Å²) in [7, 11) is 0. The number of anilines is 2. The first-order valence-electron chi connectivity index (χ1n) is 7.65. The van der Waals surface area contributed by atoms with Crippen molar-refractivity contribution < 1.29 is 14.3 Å². The Hall–Kier alpha value is -2.47. The van der Waals surface area contributed by atoms with Crippen LogP contribution in [0.15, 0.2) is 48.5 Å². The van der Waals surface area contributed by atoms with Crippen LogP contribution in [0.2, 0.25) is 0 Å². The number of rotatable bonds is 5. The van der Waals surface area contributed by atoms with Gasteiger partial charge in [0.25, 0.3) is 5.91 Å². The molecule has 2 N–H and O–H groups in total. The maximum absolute atomic E-state index is 12.3. The lowest BCUT2D eigenvalue weighted by molar-refractivity contribution is -0.118. The van der Waals surface area contributed by atoms with E-state index in [1.54, 1.807) is 30.0 Å². The van der Waals surface area contributed by atoms with E-state index in [0.717, 1.165) is 5.75 Å². The lowest BCUT2D eigenvalue weighted by atomic mass is 10.2. The average molecular weight is 342 g/mol. The van der Waals surface area contributed by atoms with Crippen LogP contribution in [0.3, 0.4) is 0 Å². The standard InChI is InChI=1S/C18H18N2O3S/c1-12(24-11-13-5-3-2-4-6-13)18(22)19-14-7-8-16-15(9-14)20-17(21)10-23-16/h2-9,12H,10-11H2,1H3,(H,19,22)(H,20,21)/t12-/m0/s1. The van der Waals surface area contributed by atoms with Gasteiger partial charge in [0.1, 0.15) is 5.75 Å². The van der Waals surface area contributed by atoms with E-state index < -0.39 is 0 Å². The molecule has 5 nitrogen and oxygen atoms in total. The largest absolute Gasteiger partial charge is 0.482 e. The van der Waals surface area contributed by atoms with Crippen molar-refractivity contribution in [2.24, 2.45) is 0 Å². The second kappa shape index (κ2) is 7.40. The Labute approximate surface area is 144 Å². The molecule has 0 fully saturated rings. The molecule has 24 heavy (non-hydrogen) atoms. The Balaban J connectivity index is 1.58. The van der Waals surface area contributed by atoms with Gasteiger partial charge in [-0.2, -0.15) is 0 Å². The van der Waals surface area contributed by atoms with E-state index in [4.69, 9.17) is 4.74 Å². The smallest absolute Gasteiger partial charge is 0.262 e. The van der Waals surface area contributed by atoms with Crippen LogP contribution in [0.25, 0.3) is 0 Å². The van der Waals surface area contributed by atoms with Crippen molar-refractivity contribution >= 4 is 35.0 Å². The average Bonchev–Trinajstić information content (AvgIpc) is 2.60. The number of fused-ring (bicyclic) bond motifs is 1. The zero-order valence-corrected chi connectivity index (χ0v) is 14.1. The summed E-state index contributed by atoms with van der Waals surface area (Å²) < 4.78 is 5.30. The van der Waals surface area contributed by atoms with Crippen molar-refractivity contribution in [1.82, 2.24) is 0 Å². The maximum Gasteiger partial charge on any atom is 0.262 e. The van der Waals surface area contributed by atoms with Crippen LogP contribution >= 0.6 is 11.8 Å². The Bertz CT molecular complexity index is 749. The first-order valence-corrected chi connectivity index (χ1v) is 8.70. The molecule has 0 saturated heterocycles.